The van der Waals surface area contributed by atoms with Gasteiger partial charge in [0.25, 0.3) is 0 Å². The molecule has 0 aliphatic rings. The van der Waals surface area contributed by atoms with Crippen molar-refractivity contribution in [3.63, 3.8) is 0 Å². The van der Waals surface area contributed by atoms with Gasteiger partial charge >= 0.3 is 0 Å². The van der Waals surface area contributed by atoms with Crippen LogP contribution < -0.4 is 0 Å². The lowest BCUT2D eigenvalue weighted by molar-refractivity contribution is -0.117. The lowest BCUT2D eigenvalue weighted by Crippen LogP contribution is -2.10. The Bertz CT molecular complexity index is 244. The Kier molecular flexibility index (Phi) is 19.2. The maximum atomic E-state index is 10.8. The van der Waals surface area contributed by atoms with Gasteiger partial charge in [0.15, 0.2) is 0 Å². The third-order valence-electron chi connectivity index (χ3n) is 3.70. The number of unbranched alkanes of at least 4 members (excludes halogenated alkanes) is 7. The second-order valence-corrected chi connectivity index (χ2v) is 6.12. The van der Waals surface area contributed by atoms with Crippen LogP contribution >= 0.6 is 0 Å². The molecule has 138 valence electrons. The standard InChI is InChI=1S/C19H38O4/c1-3-4-5-7-10-13-21-15-17-23-18-16-22-14-11-8-6-9-12-19(2)20/h3-18H2,1-2H3. The summed E-state index contributed by atoms with van der Waals surface area (Å²) in [5, 5.41) is 0. The number of rotatable bonds is 19. The Morgan fingerprint density at radius 3 is 1.52 bits per heavy atom. The number of hydrogen-bond acceptors (Lipinski definition) is 4. The van der Waals surface area contributed by atoms with Gasteiger partial charge in [0.2, 0.25) is 0 Å². The molecule has 4 nitrogen and oxygen atoms in total. The van der Waals surface area contributed by atoms with Crippen molar-refractivity contribution in [1.82, 2.24) is 0 Å². The van der Waals surface area contributed by atoms with E-state index in [9.17, 15) is 4.79 Å². The first-order valence-corrected chi connectivity index (χ1v) is 9.50. The van der Waals surface area contributed by atoms with Crippen LogP contribution in [0.5, 0.6) is 0 Å². The fraction of sp³-hybridized carbons (Fsp3) is 0.947. The van der Waals surface area contributed by atoms with Crippen molar-refractivity contribution in [3.8, 4) is 0 Å². The zero-order valence-corrected chi connectivity index (χ0v) is 15.4. The Labute approximate surface area is 143 Å². The van der Waals surface area contributed by atoms with Gasteiger partial charge in [-0.05, 0) is 26.2 Å². The summed E-state index contributed by atoms with van der Waals surface area (Å²) in [4.78, 5) is 10.8. The monoisotopic (exact) mass is 330 g/mol. The average Bonchev–Trinajstić information content (AvgIpc) is 2.53. The van der Waals surface area contributed by atoms with Crippen molar-refractivity contribution >= 4 is 5.78 Å². The maximum Gasteiger partial charge on any atom is 0.129 e. The van der Waals surface area contributed by atoms with Crippen LogP contribution in [0.4, 0.5) is 0 Å². The number of Topliss-reactive ketones (excluding diaryl/α,β-unsaturated/α-hetero) is 1. The first kappa shape index (κ1) is 22.6. The quantitative estimate of drug-likeness (QED) is 0.326. The first-order valence-electron chi connectivity index (χ1n) is 9.50. The van der Waals surface area contributed by atoms with E-state index >= 15 is 0 Å². The van der Waals surface area contributed by atoms with E-state index in [4.69, 9.17) is 14.2 Å². The Morgan fingerprint density at radius 2 is 1.04 bits per heavy atom. The van der Waals surface area contributed by atoms with Crippen molar-refractivity contribution in [2.45, 2.75) is 78.1 Å². The molecule has 0 saturated carbocycles. The van der Waals surface area contributed by atoms with Gasteiger partial charge in [-0.15, -0.1) is 0 Å². The van der Waals surface area contributed by atoms with Gasteiger partial charge in [0.1, 0.15) is 5.78 Å². The van der Waals surface area contributed by atoms with Crippen molar-refractivity contribution in [3.05, 3.63) is 0 Å². The summed E-state index contributed by atoms with van der Waals surface area (Å²) in [6.45, 7) is 8.17. The predicted octanol–water partition coefficient (Wildman–Crippen LogP) is 4.55. The molecular formula is C19H38O4. The minimum atomic E-state index is 0.291. The predicted molar refractivity (Wildman–Crippen MR) is 95.0 cm³/mol. The molecular weight excluding hydrogens is 292 g/mol. The zero-order chi connectivity index (χ0) is 17.0. The van der Waals surface area contributed by atoms with Gasteiger partial charge in [-0.2, -0.15) is 0 Å². The fourth-order valence-corrected chi connectivity index (χ4v) is 2.28. The van der Waals surface area contributed by atoms with Crippen LogP contribution in [-0.4, -0.2) is 45.4 Å². The van der Waals surface area contributed by atoms with E-state index in [0.717, 1.165) is 51.7 Å². The summed E-state index contributed by atoms with van der Waals surface area (Å²) in [5.41, 5.74) is 0. The smallest absolute Gasteiger partial charge is 0.129 e. The Balaban J connectivity index is 2.96. The summed E-state index contributed by atoms with van der Waals surface area (Å²) >= 11 is 0. The third kappa shape index (κ3) is 21.6. The van der Waals surface area contributed by atoms with Crippen LogP contribution in [0.25, 0.3) is 0 Å². The summed E-state index contributed by atoms with van der Waals surface area (Å²) < 4.78 is 16.5. The lowest BCUT2D eigenvalue weighted by Gasteiger charge is -2.07. The van der Waals surface area contributed by atoms with Gasteiger partial charge in [0.05, 0.1) is 26.4 Å². The molecule has 23 heavy (non-hydrogen) atoms. The fourth-order valence-electron chi connectivity index (χ4n) is 2.28. The van der Waals surface area contributed by atoms with Crippen molar-refractivity contribution in [2.75, 3.05) is 39.6 Å². The van der Waals surface area contributed by atoms with E-state index in [1.54, 1.807) is 6.92 Å². The van der Waals surface area contributed by atoms with Crippen LogP contribution in [0.3, 0.4) is 0 Å². The summed E-state index contributed by atoms with van der Waals surface area (Å²) in [7, 11) is 0. The molecule has 0 spiro atoms. The highest BCUT2D eigenvalue weighted by Crippen LogP contribution is 2.04. The van der Waals surface area contributed by atoms with E-state index in [1.165, 1.54) is 25.7 Å². The Hall–Kier alpha value is -0.450. The van der Waals surface area contributed by atoms with E-state index in [-0.39, 0.29) is 0 Å². The van der Waals surface area contributed by atoms with Crippen molar-refractivity contribution in [2.24, 2.45) is 0 Å². The minimum Gasteiger partial charge on any atom is -0.379 e. The largest absolute Gasteiger partial charge is 0.379 e. The molecule has 4 heteroatoms. The summed E-state index contributed by atoms with van der Waals surface area (Å²) in [6, 6.07) is 0. The molecule has 0 saturated heterocycles. The van der Waals surface area contributed by atoms with Gasteiger partial charge < -0.3 is 19.0 Å². The normalized spacial score (nSPS) is 11.0. The molecule has 0 bridgehead atoms. The highest BCUT2D eigenvalue weighted by molar-refractivity contribution is 5.75. The minimum absolute atomic E-state index is 0.291. The van der Waals surface area contributed by atoms with Crippen molar-refractivity contribution < 1.29 is 19.0 Å². The van der Waals surface area contributed by atoms with Crippen LogP contribution in [0.15, 0.2) is 0 Å². The molecule has 0 heterocycles. The zero-order valence-electron chi connectivity index (χ0n) is 15.4. The van der Waals surface area contributed by atoms with E-state index in [1.807, 2.05) is 0 Å². The van der Waals surface area contributed by atoms with E-state index < -0.39 is 0 Å². The molecule has 0 radical (unpaired) electrons. The van der Waals surface area contributed by atoms with Crippen LogP contribution in [-0.2, 0) is 19.0 Å². The molecule has 0 aliphatic heterocycles. The number of ether oxygens (including phenoxy) is 3. The highest BCUT2D eigenvalue weighted by Gasteiger charge is 1.95. The number of ketones is 1. The molecule has 0 aromatic heterocycles. The molecule has 0 amide bonds. The first-order chi connectivity index (χ1) is 11.3. The summed E-state index contributed by atoms with van der Waals surface area (Å²) in [6.07, 6.45) is 11.4. The second kappa shape index (κ2) is 19.6. The van der Waals surface area contributed by atoms with Crippen LogP contribution in [0.2, 0.25) is 0 Å². The molecule has 0 N–H and O–H groups in total. The third-order valence-corrected chi connectivity index (χ3v) is 3.70. The second-order valence-electron chi connectivity index (χ2n) is 6.12. The van der Waals surface area contributed by atoms with Gasteiger partial charge in [0, 0.05) is 19.6 Å². The molecule has 0 unspecified atom stereocenters. The molecule has 0 rings (SSSR count). The maximum absolute atomic E-state index is 10.8. The van der Waals surface area contributed by atoms with Gasteiger partial charge in [-0.3, -0.25) is 0 Å². The number of carbonyl (C=O) groups excluding carboxylic acids is 1. The lowest BCUT2D eigenvalue weighted by atomic mass is 10.1. The average molecular weight is 331 g/mol. The van der Waals surface area contributed by atoms with Crippen molar-refractivity contribution in [1.29, 1.82) is 0 Å². The van der Waals surface area contributed by atoms with Gasteiger partial charge in [-0.1, -0.05) is 45.4 Å². The summed E-state index contributed by atoms with van der Waals surface area (Å²) in [5.74, 6) is 0.291. The SMILES string of the molecule is CCCCCCCOCCOCCOCCCCCCC(C)=O. The highest BCUT2D eigenvalue weighted by atomic mass is 16.5. The van der Waals surface area contributed by atoms with E-state index in [2.05, 4.69) is 6.92 Å². The van der Waals surface area contributed by atoms with Gasteiger partial charge in [-0.25, -0.2) is 0 Å². The van der Waals surface area contributed by atoms with Crippen LogP contribution in [0, 0.1) is 0 Å². The molecule has 0 atom stereocenters. The number of carbonyl (C=O) groups is 1. The van der Waals surface area contributed by atoms with Crippen LogP contribution in [0.1, 0.15) is 78.1 Å². The topological polar surface area (TPSA) is 44.8 Å². The van der Waals surface area contributed by atoms with E-state index in [0.29, 0.717) is 32.2 Å². The Morgan fingerprint density at radius 1 is 0.609 bits per heavy atom. The molecule has 0 aromatic rings. The molecule has 0 aliphatic carbocycles. The number of hydrogen-bond donors (Lipinski definition) is 0. The molecule has 0 fully saturated rings. The molecule has 0 aromatic carbocycles.